The Morgan fingerprint density at radius 1 is 0.673 bits per heavy atom. The molecule has 0 aromatic heterocycles. The zero-order valence-corrected chi connectivity index (χ0v) is 34.8. The number of rotatable bonds is 10. The van der Waals surface area contributed by atoms with Gasteiger partial charge in [-0.2, -0.15) is 0 Å². The number of carbonyl (C=O) groups is 4. The third-order valence-electron chi connectivity index (χ3n) is 15.1. The summed E-state index contributed by atoms with van der Waals surface area (Å²) in [6.07, 6.45) is 15.5. The number of cyclic esters (lactones) is 1. The molecule has 8 aliphatic carbocycles. The van der Waals surface area contributed by atoms with Crippen molar-refractivity contribution in [1.29, 1.82) is 0 Å². The molecule has 1 saturated heterocycles. The Morgan fingerprint density at radius 3 is 1.51 bits per heavy atom. The topological polar surface area (TPSA) is 125 Å². The van der Waals surface area contributed by atoms with E-state index in [-0.39, 0.29) is 49.4 Å². The molecule has 8 bridgehead atoms. The Hall–Kier alpha value is -2.16. The molecule has 9 nitrogen and oxygen atoms in total. The van der Waals surface area contributed by atoms with E-state index >= 15 is 0 Å². The molecule has 3 unspecified atom stereocenters. The Kier molecular flexibility index (Phi) is 14.9. The van der Waals surface area contributed by atoms with Crippen LogP contribution >= 0.6 is 0 Å². The molecule has 9 aliphatic rings. The number of aliphatic hydroxyl groups is 1. The summed E-state index contributed by atoms with van der Waals surface area (Å²) in [5.74, 6) is 3.45. The molecule has 8 saturated carbocycles. The number of hydrogen-bond donors (Lipinski definition) is 1. The molecule has 9 heteroatoms. The third kappa shape index (κ3) is 9.94. The summed E-state index contributed by atoms with van der Waals surface area (Å²) in [5, 5.41) is 10.6. The lowest BCUT2D eigenvalue weighted by molar-refractivity contribution is -0.225. The van der Waals surface area contributed by atoms with Crippen LogP contribution in [0.3, 0.4) is 0 Å². The summed E-state index contributed by atoms with van der Waals surface area (Å²) in [6, 6.07) is 0. The molecule has 1 N–H and O–H groups in total. The van der Waals surface area contributed by atoms with E-state index in [4.69, 9.17) is 18.9 Å². The molecule has 0 amide bonds. The van der Waals surface area contributed by atoms with Gasteiger partial charge in [0.25, 0.3) is 0 Å². The Morgan fingerprint density at radius 2 is 1.11 bits per heavy atom. The first-order chi connectivity index (χ1) is 24.6. The van der Waals surface area contributed by atoms with Crippen molar-refractivity contribution in [1.82, 2.24) is 0 Å². The Bertz CT molecular complexity index is 1320. The van der Waals surface area contributed by atoms with Gasteiger partial charge in [-0.1, -0.05) is 42.5 Å². The predicted octanol–water partition coefficient (Wildman–Crippen LogP) is 10.2. The van der Waals surface area contributed by atoms with Crippen molar-refractivity contribution in [2.24, 2.45) is 51.8 Å². The van der Waals surface area contributed by atoms with Gasteiger partial charge < -0.3 is 24.1 Å². The highest BCUT2D eigenvalue weighted by atomic mass is 16.6. The summed E-state index contributed by atoms with van der Waals surface area (Å²) < 4.78 is 22.0. The molecule has 9 fully saturated rings. The summed E-state index contributed by atoms with van der Waals surface area (Å²) in [5.41, 5.74) is -2.31. The minimum Gasteiger partial charge on any atom is -0.463 e. The van der Waals surface area contributed by atoms with Gasteiger partial charge in [0.1, 0.15) is 11.2 Å². The van der Waals surface area contributed by atoms with Crippen LogP contribution in [0.15, 0.2) is 0 Å². The van der Waals surface area contributed by atoms with Crippen molar-refractivity contribution >= 4 is 23.9 Å². The molecular formula is C46H80O9. The quantitative estimate of drug-likeness (QED) is 0.170. The van der Waals surface area contributed by atoms with Crippen LogP contribution in [-0.2, 0) is 38.1 Å². The van der Waals surface area contributed by atoms with Crippen molar-refractivity contribution in [3.8, 4) is 0 Å². The molecule has 0 radical (unpaired) electrons. The van der Waals surface area contributed by atoms with Gasteiger partial charge in [0.15, 0.2) is 0 Å². The van der Waals surface area contributed by atoms with Crippen molar-refractivity contribution in [2.45, 2.75) is 210 Å². The van der Waals surface area contributed by atoms with Crippen LogP contribution in [0.2, 0.25) is 0 Å². The van der Waals surface area contributed by atoms with E-state index in [0.717, 1.165) is 56.8 Å². The fraction of sp³-hybridized carbons (Fsp3) is 0.913. The average Bonchev–Trinajstić information content (AvgIpc) is 3.48. The van der Waals surface area contributed by atoms with Gasteiger partial charge in [-0.15, -0.1) is 0 Å². The monoisotopic (exact) mass is 777 g/mol. The van der Waals surface area contributed by atoms with Crippen molar-refractivity contribution in [3.05, 3.63) is 0 Å². The normalized spacial score (nSPS) is 36.5. The maximum Gasteiger partial charge on any atom is 0.347 e. The number of hydrogen-bond acceptors (Lipinski definition) is 9. The summed E-state index contributed by atoms with van der Waals surface area (Å²) >= 11 is 0. The van der Waals surface area contributed by atoms with Crippen LogP contribution in [0.25, 0.3) is 0 Å². The number of ether oxygens (including phenoxy) is 4. The standard InChI is InChI=1S/C18H30O2.C16H26O3.C10H16O4.2CH4/c1-5-17(3,4)16(19)20-18(6-2)14-8-12-7-13(10-14)11-15(18)9-12;1-4-14(2,3)13(17)19-16-8-11-5-12(9-16)7-15(18,6-11)10-16;1-4-10(2,3)9(12)14-7-5-6-13-8(7)11;;/h12-15H,5-11H2,1-4H3;11-12,18H,4-10H2,1-3H3;7H,4-6H2,1-3H3;2*1H4. The van der Waals surface area contributed by atoms with Crippen molar-refractivity contribution in [2.75, 3.05) is 6.61 Å². The molecule has 0 aromatic rings. The van der Waals surface area contributed by atoms with Gasteiger partial charge in [-0.25, -0.2) is 4.79 Å². The summed E-state index contributed by atoms with van der Waals surface area (Å²) in [4.78, 5) is 47.6. The maximum absolute atomic E-state index is 12.6. The smallest absolute Gasteiger partial charge is 0.347 e. The number of carbonyl (C=O) groups excluding carboxylic acids is 4. The largest absolute Gasteiger partial charge is 0.463 e. The molecule has 9 rings (SSSR count). The van der Waals surface area contributed by atoms with Crippen LogP contribution in [0.1, 0.15) is 187 Å². The fourth-order valence-electron chi connectivity index (χ4n) is 11.0. The van der Waals surface area contributed by atoms with Crippen LogP contribution in [-0.4, -0.2) is 58.5 Å². The molecule has 55 heavy (non-hydrogen) atoms. The fourth-order valence-corrected chi connectivity index (χ4v) is 11.0. The minimum atomic E-state index is -0.687. The second-order valence-electron chi connectivity index (χ2n) is 20.3. The van der Waals surface area contributed by atoms with Gasteiger partial charge >= 0.3 is 23.9 Å². The first kappa shape index (κ1) is 47.2. The lowest BCUT2D eigenvalue weighted by Crippen LogP contribution is -2.61. The minimum absolute atomic E-state index is 0. The summed E-state index contributed by atoms with van der Waals surface area (Å²) in [6.45, 7) is 20.1. The van der Waals surface area contributed by atoms with Gasteiger partial charge in [0.05, 0.1) is 28.5 Å². The van der Waals surface area contributed by atoms with E-state index in [9.17, 15) is 24.3 Å². The molecule has 1 aliphatic heterocycles. The van der Waals surface area contributed by atoms with Crippen molar-refractivity contribution in [3.63, 3.8) is 0 Å². The first-order valence-electron chi connectivity index (χ1n) is 21.2. The number of esters is 4. The highest BCUT2D eigenvalue weighted by molar-refractivity contribution is 5.82. The molecular weight excluding hydrogens is 696 g/mol. The van der Waals surface area contributed by atoms with Gasteiger partial charge in [-0.05, 0) is 167 Å². The van der Waals surface area contributed by atoms with Gasteiger partial charge in [0.2, 0.25) is 6.10 Å². The lowest BCUT2D eigenvalue weighted by Gasteiger charge is -2.60. The second-order valence-corrected chi connectivity index (χ2v) is 20.3. The highest BCUT2D eigenvalue weighted by Crippen LogP contribution is 2.61. The highest BCUT2D eigenvalue weighted by Gasteiger charge is 2.60. The van der Waals surface area contributed by atoms with Crippen molar-refractivity contribution < 1.29 is 43.2 Å². The van der Waals surface area contributed by atoms with Crippen LogP contribution in [0.5, 0.6) is 0 Å². The molecule has 0 spiro atoms. The zero-order valence-electron chi connectivity index (χ0n) is 34.8. The second kappa shape index (κ2) is 17.4. The zero-order chi connectivity index (χ0) is 39.2. The first-order valence-corrected chi connectivity index (χ1v) is 21.2. The summed E-state index contributed by atoms with van der Waals surface area (Å²) in [7, 11) is 0. The van der Waals surface area contributed by atoms with Gasteiger partial charge in [0, 0.05) is 12.8 Å². The predicted molar refractivity (Wildman–Crippen MR) is 216 cm³/mol. The molecule has 3 atom stereocenters. The maximum atomic E-state index is 12.6. The van der Waals surface area contributed by atoms with E-state index in [1.165, 1.54) is 38.5 Å². The Balaban J connectivity index is 0.000000221. The van der Waals surface area contributed by atoms with Crippen LogP contribution in [0, 0.1) is 51.8 Å². The average molecular weight is 777 g/mol. The Labute approximate surface area is 334 Å². The van der Waals surface area contributed by atoms with Crippen LogP contribution < -0.4 is 0 Å². The molecule has 0 aromatic carbocycles. The van der Waals surface area contributed by atoms with Crippen LogP contribution in [0.4, 0.5) is 0 Å². The van der Waals surface area contributed by atoms with Gasteiger partial charge in [-0.3, -0.25) is 14.4 Å². The SMILES string of the molecule is C.C.CCC(C)(C)C(=O)OC1(CC)C2CC3CC(C2)CC1C3.CCC(C)(C)C(=O)OC12CC3CC(CC(O)(C3)C1)C2.CCC(C)(C)C(=O)OC1CCOC1=O. The van der Waals surface area contributed by atoms with E-state index in [1.54, 1.807) is 13.8 Å². The van der Waals surface area contributed by atoms with E-state index in [0.29, 0.717) is 49.5 Å². The van der Waals surface area contributed by atoms with E-state index < -0.39 is 28.5 Å². The van der Waals surface area contributed by atoms with E-state index in [1.807, 2.05) is 41.5 Å². The molecule has 318 valence electrons. The third-order valence-corrected chi connectivity index (χ3v) is 15.1. The van der Waals surface area contributed by atoms with E-state index in [2.05, 4.69) is 13.8 Å². The lowest BCUT2D eigenvalue weighted by atomic mass is 9.49. The molecule has 1 heterocycles.